The molecule has 1 fully saturated rings. The number of ether oxygens (including phenoxy) is 1. The molecule has 0 spiro atoms. The minimum absolute atomic E-state index is 0.109. The average Bonchev–Trinajstić information content (AvgIpc) is 2.31. The van der Waals surface area contributed by atoms with E-state index in [1.165, 1.54) is 0 Å². The molecule has 0 radical (unpaired) electrons. The van der Waals surface area contributed by atoms with E-state index in [1.807, 2.05) is 20.8 Å². The van der Waals surface area contributed by atoms with Gasteiger partial charge in [-0.25, -0.2) is 0 Å². The van der Waals surface area contributed by atoms with Crippen LogP contribution in [0.2, 0.25) is 0 Å². The van der Waals surface area contributed by atoms with Crippen LogP contribution in [0, 0.1) is 11.3 Å². The first-order chi connectivity index (χ1) is 6.38. The first-order valence-corrected chi connectivity index (χ1v) is 4.73. The minimum atomic E-state index is -0.628. The van der Waals surface area contributed by atoms with Gasteiger partial charge in [-0.3, -0.25) is 9.59 Å². The van der Waals surface area contributed by atoms with Crippen LogP contribution in [-0.4, -0.2) is 17.9 Å². The van der Waals surface area contributed by atoms with Gasteiger partial charge in [-0.1, -0.05) is 26.8 Å². The van der Waals surface area contributed by atoms with Gasteiger partial charge in [0, 0.05) is 5.41 Å². The topological polar surface area (TPSA) is 43.4 Å². The van der Waals surface area contributed by atoms with Gasteiger partial charge in [-0.15, -0.1) is 6.58 Å². The van der Waals surface area contributed by atoms with Gasteiger partial charge in [0.25, 0.3) is 0 Å². The Kier molecular flexibility index (Phi) is 2.79. The van der Waals surface area contributed by atoms with Crippen LogP contribution < -0.4 is 0 Å². The van der Waals surface area contributed by atoms with Gasteiger partial charge in [-0.2, -0.15) is 0 Å². The van der Waals surface area contributed by atoms with Crippen LogP contribution in [0.5, 0.6) is 0 Å². The lowest BCUT2D eigenvalue weighted by atomic mass is 9.84. The summed E-state index contributed by atoms with van der Waals surface area (Å²) in [6.07, 6.45) is 1.36. The molecule has 1 aliphatic rings. The van der Waals surface area contributed by atoms with E-state index in [9.17, 15) is 9.59 Å². The van der Waals surface area contributed by atoms with Crippen LogP contribution in [0.15, 0.2) is 12.7 Å². The third-order valence-electron chi connectivity index (χ3n) is 2.31. The van der Waals surface area contributed by atoms with Gasteiger partial charge < -0.3 is 4.74 Å². The fraction of sp³-hybridized carbons (Fsp3) is 0.636. The number of esters is 1. The molecule has 3 heteroatoms. The van der Waals surface area contributed by atoms with E-state index in [-0.39, 0.29) is 11.2 Å². The quantitative estimate of drug-likeness (QED) is 0.383. The number of hydrogen-bond donors (Lipinski definition) is 0. The molecule has 1 aliphatic heterocycles. The van der Waals surface area contributed by atoms with Crippen LogP contribution >= 0.6 is 0 Å². The molecular weight excluding hydrogens is 180 g/mol. The van der Waals surface area contributed by atoms with Crippen molar-refractivity contribution in [3.05, 3.63) is 12.7 Å². The average molecular weight is 196 g/mol. The summed E-state index contributed by atoms with van der Waals surface area (Å²) < 4.78 is 5.07. The summed E-state index contributed by atoms with van der Waals surface area (Å²) in [6, 6.07) is 0. The Hall–Kier alpha value is -1.12. The van der Waals surface area contributed by atoms with Crippen LogP contribution in [-0.2, 0) is 14.3 Å². The molecular formula is C11H16O3. The van der Waals surface area contributed by atoms with Crippen molar-refractivity contribution in [2.75, 3.05) is 0 Å². The van der Waals surface area contributed by atoms with Gasteiger partial charge in [-0.05, 0) is 6.42 Å². The molecule has 1 heterocycles. The summed E-state index contributed by atoms with van der Waals surface area (Å²) >= 11 is 0. The normalized spacial score (nSPS) is 27.6. The van der Waals surface area contributed by atoms with Crippen molar-refractivity contribution >= 4 is 11.8 Å². The zero-order chi connectivity index (χ0) is 10.9. The second-order valence-electron chi connectivity index (χ2n) is 4.66. The van der Waals surface area contributed by atoms with Crippen molar-refractivity contribution in [3.63, 3.8) is 0 Å². The van der Waals surface area contributed by atoms with E-state index in [0.29, 0.717) is 6.42 Å². The summed E-state index contributed by atoms with van der Waals surface area (Å²) in [5.74, 6) is -1.14. The summed E-state index contributed by atoms with van der Waals surface area (Å²) in [5, 5.41) is 0. The van der Waals surface area contributed by atoms with Crippen LogP contribution in [0.3, 0.4) is 0 Å². The van der Waals surface area contributed by atoms with E-state index < -0.39 is 18.0 Å². The van der Waals surface area contributed by atoms with E-state index >= 15 is 0 Å². The SMILES string of the molecule is C=CCC1C(=O)O[C@@H](C(C)(C)C)C1=O. The predicted molar refractivity (Wildman–Crippen MR) is 52.6 cm³/mol. The Labute approximate surface area is 84.1 Å². The fourth-order valence-corrected chi connectivity index (χ4v) is 1.54. The first-order valence-electron chi connectivity index (χ1n) is 4.73. The molecule has 14 heavy (non-hydrogen) atoms. The van der Waals surface area contributed by atoms with Crippen molar-refractivity contribution in [2.24, 2.45) is 11.3 Å². The summed E-state index contributed by atoms with van der Waals surface area (Å²) in [6.45, 7) is 9.18. The van der Waals surface area contributed by atoms with E-state index in [4.69, 9.17) is 4.74 Å². The molecule has 0 aromatic carbocycles. The number of ketones is 1. The van der Waals surface area contributed by atoms with Gasteiger partial charge in [0.2, 0.25) is 0 Å². The lowest BCUT2D eigenvalue weighted by Gasteiger charge is -2.23. The molecule has 0 N–H and O–H groups in total. The van der Waals surface area contributed by atoms with Gasteiger partial charge in [0.15, 0.2) is 11.9 Å². The maximum atomic E-state index is 11.8. The zero-order valence-electron chi connectivity index (χ0n) is 8.87. The third kappa shape index (κ3) is 1.86. The highest BCUT2D eigenvalue weighted by Crippen LogP contribution is 2.32. The Balaban J connectivity index is 2.84. The smallest absolute Gasteiger partial charge is 0.317 e. The molecule has 0 aliphatic carbocycles. The fourth-order valence-electron chi connectivity index (χ4n) is 1.54. The molecule has 1 unspecified atom stereocenters. The molecule has 3 nitrogen and oxygen atoms in total. The Morgan fingerprint density at radius 1 is 1.43 bits per heavy atom. The van der Waals surface area contributed by atoms with Gasteiger partial charge in [0.05, 0.1) is 0 Å². The summed E-state index contributed by atoms with van der Waals surface area (Å²) in [4.78, 5) is 23.1. The minimum Gasteiger partial charge on any atom is -0.453 e. The maximum Gasteiger partial charge on any atom is 0.317 e. The van der Waals surface area contributed by atoms with Crippen LogP contribution in [0.4, 0.5) is 0 Å². The highest BCUT2D eigenvalue weighted by molar-refractivity contribution is 6.07. The highest BCUT2D eigenvalue weighted by atomic mass is 16.6. The molecule has 0 amide bonds. The lowest BCUT2D eigenvalue weighted by Crippen LogP contribution is -2.33. The van der Waals surface area contributed by atoms with Crippen molar-refractivity contribution in [1.82, 2.24) is 0 Å². The van der Waals surface area contributed by atoms with E-state index in [0.717, 1.165) is 0 Å². The Morgan fingerprint density at radius 2 is 2.00 bits per heavy atom. The maximum absolute atomic E-state index is 11.8. The number of carbonyl (C=O) groups excluding carboxylic acids is 2. The van der Waals surface area contributed by atoms with Gasteiger partial charge >= 0.3 is 5.97 Å². The predicted octanol–water partition coefficient (Wildman–Crippen LogP) is 1.72. The molecule has 0 bridgehead atoms. The summed E-state index contributed by atoms with van der Waals surface area (Å²) in [7, 11) is 0. The van der Waals surface area contributed by atoms with Crippen LogP contribution in [0.25, 0.3) is 0 Å². The number of carbonyl (C=O) groups is 2. The molecule has 1 saturated heterocycles. The zero-order valence-corrected chi connectivity index (χ0v) is 8.87. The third-order valence-corrected chi connectivity index (χ3v) is 2.31. The molecule has 0 aromatic rings. The number of rotatable bonds is 2. The molecule has 0 aromatic heterocycles. The van der Waals surface area contributed by atoms with Crippen LogP contribution in [0.1, 0.15) is 27.2 Å². The second-order valence-corrected chi connectivity index (χ2v) is 4.66. The number of allylic oxidation sites excluding steroid dienone is 1. The molecule has 0 saturated carbocycles. The van der Waals surface area contributed by atoms with Gasteiger partial charge in [0.1, 0.15) is 5.92 Å². The lowest BCUT2D eigenvalue weighted by molar-refractivity contribution is -0.148. The monoisotopic (exact) mass is 196 g/mol. The van der Waals surface area contributed by atoms with Crippen molar-refractivity contribution in [1.29, 1.82) is 0 Å². The Bertz CT molecular complexity index is 273. The summed E-state index contributed by atoms with van der Waals surface area (Å²) in [5.41, 5.74) is -0.317. The van der Waals surface area contributed by atoms with Crippen molar-refractivity contribution < 1.29 is 14.3 Å². The number of Topliss-reactive ketones (excluding diaryl/α,β-unsaturated/α-hetero) is 1. The van der Waals surface area contributed by atoms with E-state index in [1.54, 1.807) is 6.08 Å². The second kappa shape index (κ2) is 3.56. The standard InChI is InChI=1S/C11H16O3/c1-5-6-7-8(12)9(11(2,3)4)14-10(7)13/h5,7,9H,1,6H2,2-4H3/t7?,9-/m1/s1. The number of hydrogen-bond acceptors (Lipinski definition) is 3. The largest absolute Gasteiger partial charge is 0.453 e. The number of cyclic esters (lactones) is 1. The van der Waals surface area contributed by atoms with Crippen molar-refractivity contribution in [2.45, 2.75) is 33.3 Å². The van der Waals surface area contributed by atoms with E-state index in [2.05, 4.69) is 6.58 Å². The highest BCUT2D eigenvalue weighted by Gasteiger charge is 2.47. The first kappa shape index (κ1) is 11.0. The van der Waals surface area contributed by atoms with Crippen molar-refractivity contribution in [3.8, 4) is 0 Å². The molecule has 1 rings (SSSR count). The Morgan fingerprint density at radius 3 is 2.36 bits per heavy atom. The molecule has 2 atom stereocenters. The molecule has 78 valence electrons.